The van der Waals surface area contributed by atoms with E-state index in [4.69, 9.17) is 0 Å². The molecule has 1 aliphatic rings. The van der Waals surface area contributed by atoms with Gasteiger partial charge in [-0.15, -0.1) is 0 Å². The van der Waals surface area contributed by atoms with E-state index in [9.17, 15) is 14.4 Å². The number of hydrogen-bond donors (Lipinski definition) is 3. The average Bonchev–Trinajstić information content (AvgIpc) is 2.67. The molecule has 0 heterocycles. The second-order valence-electron chi connectivity index (χ2n) is 17.8. The third kappa shape index (κ3) is 13.2. The van der Waals surface area contributed by atoms with E-state index in [1.54, 1.807) is 12.2 Å². The Balaban J connectivity index is 3.47. The minimum atomic E-state index is -0.647. The third-order valence-corrected chi connectivity index (χ3v) is 7.34. The van der Waals surface area contributed by atoms with Crippen LogP contribution in [-0.4, -0.2) is 34.8 Å². The van der Waals surface area contributed by atoms with Crippen LogP contribution in [0.4, 0.5) is 0 Å². The zero-order valence-corrected chi connectivity index (χ0v) is 29.3. The summed E-state index contributed by atoms with van der Waals surface area (Å²) in [5.74, 6) is -1.43. The molecule has 3 amide bonds. The van der Waals surface area contributed by atoms with E-state index in [1.807, 2.05) is 34.6 Å². The van der Waals surface area contributed by atoms with Gasteiger partial charge in [-0.05, 0) is 75.2 Å². The molecular formula is C35H63N3O3. The van der Waals surface area contributed by atoms with Gasteiger partial charge in [-0.25, -0.2) is 0 Å². The van der Waals surface area contributed by atoms with E-state index in [0.717, 1.165) is 19.3 Å². The van der Waals surface area contributed by atoms with Crippen LogP contribution in [0.15, 0.2) is 23.3 Å². The van der Waals surface area contributed by atoms with Gasteiger partial charge in [-0.3, -0.25) is 14.4 Å². The molecule has 6 nitrogen and oxygen atoms in total. The van der Waals surface area contributed by atoms with Gasteiger partial charge < -0.3 is 16.0 Å². The highest BCUT2D eigenvalue weighted by atomic mass is 16.2. The van der Waals surface area contributed by atoms with Crippen LogP contribution in [-0.2, 0) is 14.4 Å². The van der Waals surface area contributed by atoms with E-state index in [-0.39, 0.29) is 51.8 Å². The van der Waals surface area contributed by atoms with E-state index >= 15 is 0 Å². The lowest BCUT2D eigenvalue weighted by atomic mass is 9.77. The fourth-order valence-corrected chi connectivity index (χ4v) is 6.50. The summed E-state index contributed by atoms with van der Waals surface area (Å²) in [7, 11) is 0. The van der Waals surface area contributed by atoms with Crippen LogP contribution >= 0.6 is 0 Å². The van der Waals surface area contributed by atoms with Gasteiger partial charge in [0.15, 0.2) is 0 Å². The van der Waals surface area contributed by atoms with Crippen molar-refractivity contribution in [3.8, 4) is 0 Å². The molecule has 0 aliphatic heterocycles. The molecule has 0 saturated heterocycles. The molecule has 0 bridgehead atoms. The number of carbonyl (C=O) groups excluding carboxylic acids is 3. The largest absolute Gasteiger partial charge is 0.351 e. The van der Waals surface area contributed by atoms with Gasteiger partial charge >= 0.3 is 0 Å². The molecule has 1 aliphatic carbocycles. The molecule has 0 saturated carbocycles. The Morgan fingerprint density at radius 2 is 1.20 bits per heavy atom. The first-order valence-electron chi connectivity index (χ1n) is 15.5. The Morgan fingerprint density at radius 1 is 0.732 bits per heavy atom. The standard InChI is InChI=1S/C35H63N3O3/c1-22(2)27(19-31(4,5)6)36-29(40)25-17-24(28(39)37-34(13,14)20-32(7,8)9)18-26(23(25)3)30(41)38-35(15,16)21-33(10,11)12/h17-18,22-23,26-27H,19-21H2,1-16H3,(H,36,40)(H,37,39)(H,38,41). The lowest BCUT2D eigenvalue weighted by molar-refractivity contribution is -0.126. The zero-order valence-electron chi connectivity index (χ0n) is 29.3. The predicted octanol–water partition coefficient (Wildman–Crippen LogP) is 7.34. The quantitative estimate of drug-likeness (QED) is 0.255. The maximum atomic E-state index is 13.8. The minimum Gasteiger partial charge on any atom is -0.351 e. The molecule has 3 N–H and O–H groups in total. The number of nitrogens with one attached hydrogen (secondary N) is 3. The smallest absolute Gasteiger partial charge is 0.251 e. The minimum absolute atomic E-state index is 0.0209. The van der Waals surface area contributed by atoms with Crippen molar-refractivity contribution in [2.75, 3.05) is 0 Å². The van der Waals surface area contributed by atoms with Crippen molar-refractivity contribution in [3.63, 3.8) is 0 Å². The van der Waals surface area contributed by atoms with Gasteiger partial charge in [-0.2, -0.15) is 0 Å². The summed E-state index contributed by atoms with van der Waals surface area (Å²) < 4.78 is 0. The first-order chi connectivity index (χ1) is 18.1. The Morgan fingerprint density at radius 3 is 1.61 bits per heavy atom. The lowest BCUT2D eigenvalue weighted by Gasteiger charge is -2.37. The first kappa shape index (κ1) is 36.9. The summed E-state index contributed by atoms with van der Waals surface area (Å²) in [6.45, 7) is 33.6. The van der Waals surface area contributed by atoms with Crippen LogP contribution in [0, 0.1) is 34.0 Å². The molecule has 236 valence electrons. The predicted molar refractivity (Wildman–Crippen MR) is 172 cm³/mol. The Labute approximate surface area is 252 Å². The molecular weight excluding hydrogens is 510 g/mol. The van der Waals surface area contributed by atoms with Crippen molar-refractivity contribution in [1.82, 2.24) is 16.0 Å². The zero-order chi connectivity index (χ0) is 32.4. The number of carbonyl (C=O) groups is 3. The number of hydrogen-bond acceptors (Lipinski definition) is 3. The molecule has 0 aromatic rings. The normalized spacial score (nSPS) is 19.7. The van der Waals surface area contributed by atoms with Crippen LogP contribution < -0.4 is 16.0 Å². The van der Waals surface area contributed by atoms with Crippen LogP contribution in [0.25, 0.3) is 0 Å². The van der Waals surface area contributed by atoms with Gasteiger partial charge in [0.1, 0.15) is 0 Å². The summed E-state index contributed by atoms with van der Waals surface area (Å²) in [5, 5.41) is 9.65. The molecule has 0 aromatic heterocycles. The second kappa shape index (κ2) is 13.0. The Hall–Kier alpha value is -2.11. The summed E-state index contributed by atoms with van der Waals surface area (Å²) in [5.41, 5.74) is 0.0157. The maximum Gasteiger partial charge on any atom is 0.251 e. The molecule has 3 atom stereocenters. The van der Waals surface area contributed by atoms with Gasteiger partial charge in [0.2, 0.25) is 11.8 Å². The topological polar surface area (TPSA) is 87.3 Å². The van der Waals surface area contributed by atoms with Crippen molar-refractivity contribution < 1.29 is 14.4 Å². The van der Waals surface area contributed by atoms with Crippen LogP contribution in [0.2, 0.25) is 0 Å². The molecule has 0 aromatic carbocycles. The monoisotopic (exact) mass is 573 g/mol. The first-order valence-corrected chi connectivity index (χ1v) is 15.5. The van der Waals surface area contributed by atoms with E-state index in [1.165, 1.54) is 0 Å². The SMILES string of the molecule is CC(C)C(CC(C)(C)C)NC(=O)C1=CC(C(=O)NC(C)(C)CC(C)(C)C)=CC(C(=O)NC(C)(C)CC(C)(C)C)C1C. The summed E-state index contributed by atoms with van der Waals surface area (Å²) >= 11 is 0. The molecule has 0 fully saturated rings. The molecule has 41 heavy (non-hydrogen) atoms. The van der Waals surface area contributed by atoms with Gasteiger partial charge in [0.25, 0.3) is 5.91 Å². The fourth-order valence-electron chi connectivity index (χ4n) is 6.50. The lowest BCUT2D eigenvalue weighted by Crippen LogP contribution is -2.51. The van der Waals surface area contributed by atoms with Crippen LogP contribution in [0.5, 0.6) is 0 Å². The fraction of sp³-hybridized carbons (Fsp3) is 0.800. The van der Waals surface area contributed by atoms with Gasteiger partial charge in [0, 0.05) is 34.2 Å². The van der Waals surface area contributed by atoms with Gasteiger partial charge in [0.05, 0.1) is 5.92 Å². The summed E-state index contributed by atoms with van der Waals surface area (Å²) in [6.07, 6.45) is 5.84. The summed E-state index contributed by atoms with van der Waals surface area (Å²) in [6, 6.07) is -0.0255. The molecule has 0 radical (unpaired) electrons. The molecule has 0 spiro atoms. The van der Waals surface area contributed by atoms with Crippen molar-refractivity contribution in [2.24, 2.45) is 34.0 Å². The highest BCUT2D eigenvalue weighted by Crippen LogP contribution is 2.34. The van der Waals surface area contributed by atoms with Crippen molar-refractivity contribution in [1.29, 1.82) is 0 Å². The second-order valence-corrected chi connectivity index (χ2v) is 17.8. The molecule has 1 rings (SSSR count). The average molecular weight is 574 g/mol. The Bertz CT molecular complexity index is 1010. The Kier molecular flexibility index (Phi) is 11.7. The van der Waals surface area contributed by atoms with Crippen molar-refractivity contribution in [2.45, 2.75) is 147 Å². The number of rotatable bonds is 10. The summed E-state index contributed by atoms with van der Waals surface area (Å²) in [4.78, 5) is 41.3. The molecule has 6 heteroatoms. The molecule has 3 unspecified atom stereocenters. The van der Waals surface area contributed by atoms with Gasteiger partial charge in [-0.1, -0.05) is 89.2 Å². The number of amides is 3. The van der Waals surface area contributed by atoms with Crippen molar-refractivity contribution >= 4 is 17.7 Å². The maximum absolute atomic E-state index is 13.8. The third-order valence-electron chi connectivity index (χ3n) is 7.34. The van der Waals surface area contributed by atoms with Crippen LogP contribution in [0.3, 0.4) is 0 Å². The van der Waals surface area contributed by atoms with E-state index < -0.39 is 17.0 Å². The highest BCUT2D eigenvalue weighted by Gasteiger charge is 2.38. The van der Waals surface area contributed by atoms with E-state index in [0.29, 0.717) is 11.1 Å². The van der Waals surface area contributed by atoms with Crippen LogP contribution in [0.1, 0.15) is 130 Å². The highest BCUT2D eigenvalue weighted by molar-refractivity contribution is 6.03. The van der Waals surface area contributed by atoms with E-state index in [2.05, 4.69) is 92.1 Å². The van der Waals surface area contributed by atoms with Crippen molar-refractivity contribution in [3.05, 3.63) is 23.3 Å².